The molecule has 3 rings (SSSR count). The van der Waals surface area contributed by atoms with Crippen LogP contribution in [0.25, 0.3) is 11.4 Å². The van der Waals surface area contributed by atoms with E-state index in [4.69, 9.17) is 4.74 Å². The van der Waals surface area contributed by atoms with Gasteiger partial charge in [0.25, 0.3) is 10.0 Å². The number of ether oxygens (including phenoxy) is 1. The van der Waals surface area contributed by atoms with Gasteiger partial charge in [-0.2, -0.15) is 4.98 Å². The molecular formula is C19H22N4O3S. The van der Waals surface area contributed by atoms with E-state index in [0.717, 1.165) is 26.5 Å². The predicted molar refractivity (Wildman–Crippen MR) is 105 cm³/mol. The molecule has 0 aliphatic rings. The van der Waals surface area contributed by atoms with E-state index in [1.165, 1.54) is 0 Å². The van der Waals surface area contributed by atoms with Crippen molar-refractivity contribution >= 4 is 16.0 Å². The highest BCUT2D eigenvalue weighted by molar-refractivity contribution is 7.89. The zero-order valence-corrected chi connectivity index (χ0v) is 16.3. The second kappa shape index (κ2) is 7.79. The molecule has 2 aromatic carbocycles. The molecule has 0 bridgehead atoms. The minimum Gasteiger partial charge on any atom is -0.497 e. The molecule has 0 amide bonds. The Morgan fingerprint density at radius 2 is 1.74 bits per heavy atom. The van der Waals surface area contributed by atoms with Gasteiger partial charge in [-0.1, -0.05) is 42.0 Å². The Labute approximate surface area is 159 Å². The first-order chi connectivity index (χ1) is 12.9. The third-order valence-corrected chi connectivity index (χ3v) is 5.64. The number of rotatable bonds is 7. The van der Waals surface area contributed by atoms with Gasteiger partial charge in [0.15, 0.2) is 5.82 Å². The largest absolute Gasteiger partial charge is 0.497 e. The maximum absolute atomic E-state index is 12.4. The van der Waals surface area contributed by atoms with Crippen LogP contribution in [-0.2, 0) is 16.6 Å². The maximum atomic E-state index is 12.4. The second-order valence-corrected chi connectivity index (χ2v) is 8.16. The number of hydrogen-bond donors (Lipinski definition) is 1. The number of nitrogens with zero attached hydrogens (tertiary/aromatic N) is 3. The van der Waals surface area contributed by atoms with Crippen LogP contribution in [0.15, 0.2) is 48.5 Å². The molecule has 0 atom stereocenters. The lowest BCUT2D eigenvalue weighted by molar-refractivity contribution is 0.414. The van der Waals surface area contributed by atoms with Gasteiger partial charge < -0.3 is 10.1 Å². The Hall–Kier alpha value is -2.87. The summed E-state index contributed by atoms with van der Waals surface area (Å²) >= 11 is 0. The van der Waals surface area contributed by atoms with Crippen LogP contribution in [-0.4, -0.2) is 35.5 Å². The Kier molecular flexibility index (Phi) is 5.46. The minimum atomic E-state index is -3.58. The molecule has 8 heteroatoms. The van der Waals surface area contributed by atoms with E-state index in [9.17, 15) is 8.42 Å². The van der Waals surface area contributed by atoms with Gasteiger partial charge in [0, 0.05) is 12.1 Å². The molecule has 1 heterocycles. The highest BCUT2D eigenvalue weighted by Gasteiger charge is 2.20. The number of benzene rings is 2. The molecule has 0 saturated carbocycles. The SMILES string of the molecule is CCS(=O)(=O)n1nc(-c2ccc(C)cc2)nc1NCc1ccc(OC)cc1. The van der Waals surface area contributed by atoms with E-state index in [1.54, 1.807) is 14.0 Å². The van der Waals surface area contributed by atoms with Gasteiger partial charge >= 0.3 is 0 Å². The van der Waals surface area contributed by atoms with Gasteiger partial charge in [0.05, 0.1) is 12.9 Å². The third kappa shape index (κ3) is 4.28. The van der Waals surface area contributed by atoms with Crippen LogP contribution in [0, 0.1) is 6.92 Å². The summed E-state index contributed by atoms with van der Waals surface area (Å²) in [4.78, 5) is 4.41. The van der Waals surface area contributed by atoms with Crippen LogP contribution in [0.5, 0.6) is 5.75 Å². The summed E-state index contributed by atoms with van der Waals surface area (Å²) in [5.74, 6) is 1.26. The monoisotopic (exact) mass is 386 g/mol. The number of anilines is 1. The fourth-order valence-electron chi connectivity index (χ4n) is 2.47. The van der Waals surface area contributed by atoms with E-state index >= 15 is 0 Å². The quantitative estimate of drug-likeness (QED) is 0.672. The van der Waals surface area contributed by atoms with Crippen molar-refractivity contribution in [2.75, 3.05) is 18.2 Å². The van der Waals surface area contributed by atoms with Crippen molar-refractivity contribution in [1.29, 1.82) is 0 Å². The van der Waals surface area contributed by atoms with Gasteiger partial charge in [-0.3, -0.25) is 0 Å². The predicted octanol–water partition coefficient (Wildman–Crippen LogP) is 3.07. The van der Waals surface area contributed by atoms with Crippen molar-refractivity contribution in [3.8, 4) is 17.1 Å². The Morgan fingerprint density at radius 1 is 1.07 bits per heavy atom. The maximum Gasteiger partial charge on any atom is 0.256 e. The molecule has 3 aromatic rings. The molecular weight excluding hydrogens is 364 g/mol. The van der Waals surface area contributed by atoms with Crippen LogP contribution in [0.1, 0.15) is 18.1 Å². The summed E-state index contributed by atoms with van der Waals surface area (Å²) in [6.07, 6.45) is 0. The molecule has 0 aliphatic carbocycles. The van der Waals surface area contributed by atoms with Crippen LogP contribution in [0.4, 0.5) is 5.95 Å². The van der Waals surface area contributed by atoms with E-state index in [1.807, 2.05) is 55.5 Å². The standard InChI is InChI=1S/C19H22N4O3S/c1-4-27(24,25)23-19(20-13-15-7-11-17(26-3)12-8-15)21-18(22-23)16-9-5-14(2)6-10-16/h5-12H,4,13H2,1-3H3,(H,20,21,22). The minimum absolute atomic E-state index is 0.0685. The van der Waals surface area contributed by atoms with Crippen LogP contribution >= 0.6 is 0 Å². The molecule has 0 saturated heterocycles. The Morgan fingerprint density at radius 3 is 2.33 bits per heavy atom. The molecule has 0 radical (unpaired) electrons. The van der Waals surface area contributed by atoms with Gasteiger partial charge in [0.1, 0.15) is 5.75 Å². The lowest BCUT2D eigenvalue weighted by Gasteiger charge is -2.08. The topological polar surface area (TPSA) is 86.1 Å². The fourth-order valence-corrected chi connectivity index (χ4v) is 3.29. The first kappa shape index (κ1) is 18.9. The number of nitrogens with one attached hydrogen (secondary N) is 1. The molecule has 7 nitrogen and oxygen atoms in total. The molecule has 1 N–H and O–H groups in total. The summed E-state index contributed by atoms with van der Waals surface area (Å²) in [6, 6.07) is 15.1. The van der Waals surface area contributed by atoms with E-state index in [0.29, 0.717) is 12.4 Å². The molecule has 1 aromatic heterocycles. The zero-order chi connectivity index (χ0) is 19.4. The zero-order valence-electron chi connectivity index (χ0n) is 15.5. The Bertz CT molecular complexity index is 1010. The highest BCUT2D eigenvalue weighted by Crippen LogP contribution is 2.21. The first-order valence-electron chi connectivity index (χ1n) is 8.57. The lowest BCUT2D eigenvalue weighted by Crippen LogP contribution is -2.19. The van der Waals surface area contributed by atoms with Gasteiger partial charge in [-0.05, 0) is 31.5 Å². The first-order valence-corrected chi connectivity index (χ1v) is 10.2. The molecule has 0 spiro atoms. The smallest absolute Gasteiger partial charge is 0.256 e. The van der Waals surface area contributed by atoms with Crippen molar-refractivity contribution in [3.63, 3.8) is 0 Å². The lowest BCUT2D eigenvalue weighted by atomic mass is 10.1. The average molecular weight is 386 g/mol. The summed E-state index contributed by atoms with van der Waals surface area (Å²) in [6.45, 7) is 3.98. The Balaban J connectivity index is 1.90. The number of aromatic nitrogens is 3. The van der Waals surface area contributed by atoms with Crippen LogP contribution in [0.2, 0.25) is 0 Å². The summed E-state index contributed by atoms with van der Waals surface area (Å²) in [7, 11) is -1.97. The number of methoxy groups -OCH3 is 1. The van der Waals surface area contributed by atoms with Crippen molar-refractivity contribution < 1.29 is 13.2 Å². The molecule has 0 fully saturated rings. The van der Waals surface area contributed by atoms with Crippen molar-refractivity contribution in [1.82, 2.24) is 14.2 Å². The van der Waals surface area contributed by atoms with Gasteiger partial charge in [0.2, 0.25) is 5.95 Å². The third-order valence-electron chi connectivity index (χ3n) is 4.13. The van der Waals surface area contributed by atoms with E-state index in [-0.39, 0.29) is 11.7 Å². The van der Waals surface area contributed by atoms with E-state index in [2.05, 4.69) is 15.4 Å². The van der Waals surface area contributed by atoms with Crippen molar-refractivity contribution in [2.24, 2.45) is 0 Å². The van der Waals surface area contributed by atoms with Crippen molar-refractivity contribution in [3.05, 3.63) is 59.7 Å². The molecule has 0 unspecified atom stereocenters. The van der Waals surface area contributed by atoms with Gasteiger partial charge in [-0.15, -0.1) is 9.19 Å². The number of hydrogen-bond acceptors (Lipinski definition) is 6. The van der Waals surface area contributed by atoms with Crippen molar-refractivity contribution in [2.45, 2.75) is 20.4 Å². The molecule has 27 heavy (non-hydrogen) atoms. The summed E-state index contributed by atoms with van der Waals surface area (Å²) in [5.41, 5.74) is 2.84. The molecule has 0 aliphatic heterocycles. The van der Waals surface area contributed by atoms with Gasteiger partial charge in [-0.25, -0.2) is 8.42 Å². The average Bonchev–Trinajstić information content (AvgIpc) is 3.12. The summed E-state index contributed by atoms with van der Waals surface area (Å²) in [5, 5.41) is 7.31. The van der Waals surface area contributed by atoms with Crippen LogP contribution in [0.3, 0.4) is 0 Å². The normalized spacial score (nSPS) is 11.4. The highest BCUT2D eigenvalue weighted by atomic mass is 32.2. The van der Waals surface area contributed by atoms with Crippen LogP contribution < -0.4 is 10.1 Å². The number of aryl methyl sites for hydroxylation is 1. The van der Waals surface area contributed by atoms with E-state index < -0.39 is 10.0 Å². The fraction of sp³-hybridized carbons (Fsp3) is 0.263. The second-order valence-electron chi connectivity index (χ2n) is 6.07. The summed E-state index contributed by atoms with van der Waals surface area (Å²) < 4.78 is 31.0. The molecule has 142 valence electrons.